The quantitative estimate of drug-likeness (QED) is 0.902. The molecule has 0 bridgehead atoms. The van der Waals surface area contributed by atoms with E-state index in [0.29, 0.717) is 11.9 Å². The van der Waals surface area contributed by atoms with Gasteiger partial charge in [-0.25, -0.2) is 15.0 Å². The monoisotopic (exact) mass is 334 g/mol. The molecule has 0 spiro atoms. The van der Waals surface area contributed by atoms with Crippen molar-refractivity contribution in [3.05, 3.63) is 48.6 Å². The number of hydrogen-bond acceptors (Lipinski definition) is 6. The Hall–Kier alpha value is -2.73. The van der Waals surface area contributed by atoms with Crippen LogP contribution in [0.1, 0.15) is 18.4 Å². The lowest BCUT2D eigenvalue weighted by molar-refractivity contribution is 0.440. The van der Waals surface area contributed by atoms with Crippen LogP contribution in [0.5, 0.6) is 0 Å². The van der Waals surface area contributed by atoms with Gasteiger partial charge >= 0.3 is 0 Å². The van der Waals surface area contributed by atoms with Crippen molar-refractivity contribution in [2.75, 3.05) is 25.0 Å². The lowest BCUT2D eigenvalue weighted by Crippen LogP contribution is -2.41. The number of allylic oxidation sites excluding steroid dienone is 1. The Morgan fingerprint density at radius 2 is 2.08 bits per heavy atom. The molecule has 0 saturated carbocycles. The first-order valence-electron chi connectivity index (χ1n) is 8.61. The van der Waals surface area contributed by atoms with E-state index in [-0.39, 0.29) is 0 Å². The fourth-order valence-corrected chi connectivity index (χ4v) is 3.27. The third-order valence-corrected chi connectivity index (χ3v) is 4.83. The van der Waals surface area contributed by atoms with E-state index < -0.39 is 0 Å². The molecule has 4 rings (SSSR count). The molecule has 1 fully saturated rings. The molecule has 0 atom stereocenters. The highest BCUT2D eigenvalue weighted by molar-refractivity contribution is 6.11. The smallest absolute Gasteiger partial charge is 0.225 e. The SMILES string of the molecule is C=C1N=CC(c2ccc3nc(N(C)C4CCNCC4)ncc3c2)=CN1. The Bertz CT molecular complexity index is 863. The molecule has 1 saturated heterocycles. The van der Waals surface area contributed by atoms with E-state index in [1.807, 2.05) is 24.7 Å². The summed E-state index contributed by atoms with van der Waals surface area (Å²) in [4.78, 5) is 15.8. The molecule has 0 amide bonds. The standard InChI is InChI=1S/C19H22N6/c1-13-21-11-16(12-22-13)14-3-4-18-15(9-14)10-23-19(24-18)25(2)17-5-7-20-8-6-17/h3-4,9-12,17,20-21H,1,5-8H2,2H3. The highest BCUT2D eigenvalue weighted by Gasteiger charge is 2.20. The number of piperidine rings is 1. The molecule has 25 heavy (non-hydrogen) atoms. The van der Waals surface area contributed by atoms with Crippen LogP contribution in [0.25, 0.3) is 16.5 Å². The summed E-state index contributed by atoms with van der Waals surface area (Å²) in [6.45, 7) is 5.89. The van der Waals surface area contributed by atoms with Gasteiger partial charge in [-0.1, -0.05) is 12.6 Å². The Morgan fingerprint density at radius 1 is 1.24 bits per heavy atom. The van der Waals surface area contributed by atoms with Gasteiger partial charge in [0.2, 0.25) is 5.95 Å². The second-order valence-electron chi connectivity index (χ2n) is 6.48. The third kappa shape index (κ3) is 3.25. The molecular weight excluding hydrogens is 312 g/mol. The molecule has 6 nitrogen and oxygen atoms in total. The van der Waals surface area contributed by atoms with Crippen LogP contribution in [0.15, 0.2) is 48.0 Å². The fourth-order valence-electron chi connectivity index (χ4n) is 3.27. The summed E-state index contributed by atoms with van der Waals surface area (Å²) in [5.41, 5.74) is 3.06. The van der Waals surface area contributed by atoms with Crippen molar-refractivity contribution in [1.29, 1.82) is 0 Å². The van der Waals surface area contributed by atoms with Crippen LogP contribution in [0, 0.1) is 0 Å². The van der Waals surface area contributed by atoms with E-state index in [1.165, 1.54) is 0 Å². The first-order chi connectivity index (χ1) is 12.2. The molecule has 1 aromatic heterocycles. The maximum Gasteiger partial charge on any atom is 0.225 e. The van der Waals surface area contributed by atoms with Crippen LogP contribution >= 0.6 is 0 Å². The van der Waals surface area contributed by atoms with Crippen molar-refractivity contribution < 1.29 is 0 Å². The number of aliphatic imine (C=N–C) groups is 1. The zero-order valence-electron chi connectivity index (χ0n) is 14.4. The van der Waals surface area contributed by atoms with Crippen LogP contribution in [0.2, 0.25) is 0 Å². The van der Waals surface area contributed by atoms with E-state index >= 15 is 0 Å². The van der Waals surface area contributed by atoms with Gasteiger partial charge in [-0.15, -0.1) is 0 Å². The van der Waals surface area contributed by atoms with E-state index in [9.17, 15) is 0 Å². The lowest BCUT2D eigenvalue weighted by atomic mass is 10.0. The largest absolute Gasteiger partial charge is 0.346 e. The van der Waals surface area contributed by atoms with Gasteiger partial charge in [-0.2, -0.15) is 0 Å². The van der Waals surface area contributed by atoms with Gasteiger partial charge < -0.3 is 15.5 Å². The number of fused-ring (bicyclic) bond motifs is 1. The van der Waals surface area contributed by atoms with Crippen molar-refractivity contribution in [2.24, 2.45) is 4.99 Å². The maximum absolute atomic E-state index is 4.76. The average molecular weight is 334 g/mol. The zero-order chi connectivity index (χ0) is 17.2. The van der Waals surface area contributed by atoms with E-state index in [4.69, 9.17) is 4.98 Å². The minimum Gasteiger partial charge on any atom is -0.346 e. The fraction of sp³-hybridized carbons (Fsp3) is 0.316. The zero-order valence-corrected chi connectivity index (χ0v) is 14.4. The second kappa shape index (κ2) is 6.64. The molecule has 0 radical (unpaired) electrons. The molecule has 2 N–H and O–H groups in total. The van der Waals surface area contributed by atoms with Crippen molar-refractivity contribution in [2.45, 2.75) is 18.9 Å². The van der Waals surface area contributed by atoms with Crippen molar-refractivity contribution >= 4 is 28.6 Å². The van der Waals surface area contributed by atoms with Gasteiger partial charge in [0.15, 0.2) is 0 Å². The topological polar surface area (TPSA) is 65.4 Å². The normalized spacial score (nSPS) is 18.1. The van der Waals surface area contributed by atoms with Gasteiger partial charge in [0.1, 0.15) is 5.82 Å². The molecule has 2 aromatic rings. The Kier molecular flexibility index (Phi) is 4.19. The minimum atomic E-state index is 0.501. The van der Waals surface area contributed by atoms with Gasteiger partial charge in [0, 0.05) is 42.7 Å². The van der Waals surface area contributed by atoms with Gasteiger partial charge in [-0.3, -0.25) is 0 Å². The third-order valence-electron chi connectivity index (χ3n) is 4.83. The van der Waals surface area contributed by atoms with Crippen LogP contribution in [-0.4, -0.2) is 42.4 Å². The number of anilines is 1. The number of hydrogen-bond donors (Lipinski definition) is 2. The Labute approximate surface area is 147 Å². The second-order valence-corrected chi connectivity index (χ2v) is 6.48. The molecule has 6 heteroatoms. The van der Waals surface area contributed by atoms with Gasteiger partial charge in [-0.05, 0) is 43.6 Å². The summed E-state index contributed by atoms with van der Waals surface area (Å²) in [5, 5.41) is 7.46. The van der Waals surface area contributed by atoms with Crippen LogP contribution in [0.3, 0.4) is 0 Å². The van der Waals surface area contributed by atoms with Crippen molar-refractivity contribution in [1.82, 2.24) is 20.6 Å². The Balaban J connectivity index is 1.60. The summed E-state index contributed by atoms with van der Waals surface area (Å²) in [5.74, 6) is 1.45. The molecular formula is C19H22N6. The van der Waals surface area contributed by atoms with Crippen molar-refractivity contribution in [3.8, 4) is 0 Å². The van der Waals surface area contributed by atoms with Crippen LogP contribution in [0.4, 0.5) is 5.95 Å². The van der Waals surface area contributed by atoms with E-state index in [2.05, 4.69) is 51.3 Å². The molecule has 3 heterocycles. The summed E-state index contributed by atoms with van der Waals surface area (Å²) in [6.07, 6.45) is 7.90. The van der Waals surface area contributed by atoms with Crippen LogP contribution < -0.4 is 15.5 Å². The van der Waals surface area contributed by atoms with Crippen molar-refractivity contribution in [3.63, 3.8) is 0 Å². The lowest BCUT2D eigenvalue weighted by Gasteiger charge is -2.31. The molecule has 128 valence electrons. The van der Waals surface area contributed by atoms with Gasteiger partial charge in [0.05, 0.1) is 5.52 Å². The summed E-state index contributed by atoms with van der Waals surface area (Å²) >= 11 is 0. The van der Waals surface area contributed by atoms with E-state index in [0.717, 1.165) is 53.9 Å². The number of rotatable bonds is 3. The number of nitrogens with zero attached hydrogens (tertiary/aromatic N) is 4. The predicted octanol–water partition coefficient (Wildman–Crippen LogP) is 2.30. The number of aromatic nitrogens is 2. The summed E-state index contributed by atoms with van der Waals surface area (Å²) < 4.78 is 0. The van der Waals surface area contributed by atoms with Gasteiger partial charge in [0.25, 0.3) is 0 Å². The number of benzene rings is 1. The average Bonchev–Trinajstić information content (AvgIpc) is 2.68. The minimum absolute atomic E-state index is 0.501. The molecule has 2 aliphatic heterocycles. The first-order valence-corrected chi connectivity index (χ1v) is 8.61. The molecule has 2 aliphatic rings. The Morgan fingerprint density at radius 3 is 2.84 bits per heavy atom. The van der Waals surface area contributed by atoms with Crippen LogP contribution in [-0.2, 0) is 0 Å². The molecule has 0 aliphatic carbocycles. The maximum atomic E-state index is 4.76. The summed E-state index contributed by atoms with van der Waals surface area (Å²) in [7, 11) is 2.09. The first kappa shape index (κ1) is 15.8. The van der Waals surface area contributed by atoms with E-state index in [1.54, 1.807) is 0 Å². The highest BCUT2D eigenvalue weighted by Crippen LogP contribution is 2.23. The molecule has 0 unspecified atom stereocenters. The summed E-state index contributed by atoms with van der Waals surface area (Å²) in [6, 6.07) is 6.71. The molecule has 1 aromatic carbocycles. The predicted molar refractivity (Wildman–Crippen MR) is 103 cm³/mol. The number of nitrogens with one attached hydrogen (secondary N) is 2. The highest BCUT2D eigenvalue weighted by atomic mass is 15.3.